The number of fused-ring (bicyclic) bond motifs is 2. The molecular formula is C23H29N3O3. The van der Waals surface area contributed by atoms with Gasteiger partial charge < -0.3 is 15.0 Å². The third-order valence-electron chi connectivity index (χ3n) is 6.03. The molecule has 0 radical (unpaired) electrons. The maximum atomic E-state index is 13.7. The lowest BCUT2D eigenvalue weighted by Crippen LogP contribution is -2.50. The molecule has 2 aliphatic rings. The first-order valence-corrected chi connectivity index (χ1v) is 10.7. The lowest BCUT2D eigenvalue weighted by Gasteiger charge is -2.34. The summed E-state index contributed by atoms with van der Waals surface area (Å²) in [5, 5.41) is 3.83. The molecule has 2 heterocycles. The molecule has 0 saturated carbocycles. The minimum Gasteiger partial charge on any atom is -0.450 e. The second kappa shape index (κ2) is 8.39. The maximum Gasteiger partial charge on any atom is 0.407 e. The molecule has 1 aliphatic heterocycles. The van der Waals surface area contributed by atoms with Gasteiger partial charge in [-0.3, -0.25) is 9.78 Å². The van der Waals surface area contributed by atoms with Gasteiger partial charge in [0.2, 0.25) is 0 Å². The van der Waals surface area contributed by atoms with Crippen molar-refractivity contribution in [3.05, 3.63) is 41.1 Å². The number of pyridine rings is 1. The first kappa shape index (κ1) is 19.7. The Kier molecular flexibility index (Phi) is 5.69. The number of benzene rings is 1. The number of nitrogens with zero attached hydrogens (tertiary/aromatic N) is 2. The van der Waals surface area contributed by atoms with Crippen LogP contribution < -0.4 is 5.32 Å². The van der Waals surface area contributed by atoms with Crippen LogP contribution in [-0.2, 0) is 17.6 Å². The molecule has 2 atom stereocenters. The van der Waals surface area contributed by atoms with E-state index < -0.39 is 6.09 Å². The summed E-state index contributed by atoms with van der Waals surface area (Å²) in [7, 11) is 0. The predicted molar refractivity (Wildman–Crippen MR) is 112 cm³/mol. The van der Waals surface area contributed by atoms with Crippen molar-refractivity contribution >= 4 is 22.9 Å². The first-order valence-electron chi connectivity index (χ1n) is 10.7. The molecule has 154 valence electrons. The highest BCUT2D eigenvalue weighted by molar-refractivity contribution is 6.07. The van der Waals surface area contributed by atoms with Crippen molar-refractivity contribution in [2.75, 3.05) is 19.7 Å². The van der Waals surface area contributed by atoms with E-state index in [9.17, 15) is 9.59 Å². The monoisotopic (exact) mass is 395 g/mol. The predicted octanol–water partition coefficient (Wildman–Crippen LogP) is 3.71. The molecule has 0 unspecified atom stereocenters. The van der Waals surface area contributed by atoms with Gasteiger partial charge >= 0.3 is 6.09 Å². The second-order valence-electron chi connectivity index (χ2n) is 8.23. The summed E-state index contributed by atoms with van der Waals surface area (Å²) in [6.07, 6.45) is 4.24. The molecule has 1 saturated heterocycles. The molecule has 0 spiro atoms. The minimum absolute atomic E-state index is 0.0595. The van der Waals surface area contributed by atoms with Crippen LogP contribution in [-0.4, -0.2) is 47.6 Å². The molecule has 1 N–H and O–H groups in total. The van der Waals surface area contributed by atoms with E-state index in [2.05, 4.69) is 12.2 Å². The van der Waals surface area contributed by atoms with E-state index in [0.29, 0.717) is 25.6 Å². The van der Waals surface area contributed by atoms with E-state index in [-0.39, 0.29) is 11.9 Å². The number of nitrogens with one attached hydrogen (secondary N) is 1. The molecule has 29 heavy (non-hydrogen) atoms. The fourth-order valence-electron chi connectivity index (χ4n) is 4.58. The van der Waals surface area contributed by atoms with Crippen LogP contribution in [0.2, 0.25) is 0 Å². The Bertz CT molecular complexity index is 927. The van der Waals surface area contributed by atoms with E-state index >= 15 is 0 Å². The van der Waals surface area contributed by atoms with Crippen molar-refractivity contribution in [1.82, 2.24) is 15.2 Å². The van der Waals surface area contributed by atoms with Gasteiger partial charge in [-0.1, -0.05) is 25.1 Å². The molecule has 1 aromatic heterocycles. The van der Waals surface area contributed by atoms with Crippen molar-refractivity contribution in [3.63, 3.8) is 0 Å². The zero-order chi connectivity index (χ0) is 20.4. The number of rotatable bonds is 3. The van der Waals surface area contributed by atoms with Crippen LogP contribution in [0, 0.1) is 5.92 Å². The Balaban J connectivity index is 1.66. The molecule has 1 aromatic carbocycles. The van der Waals surface area contributed by atoms with Gasteiger partial charge in [0.05, 0.1) is 17.7 Å². The van der Waals surface area contributed by atoms with Crippen LogP contribution in [0.1, 0.15) is 54.7 Å². The summed E-state index contributed by atoms with van der Waals surface area (Å²) >= 11 is 0. The molecule has 6 nitrogen and oxygen atoms in total. The van der Waals surface area contributed by atoms with Crippen molar-refractivity contribution in [2.24, 2.45) is 5.92 Å². The molecule has 2 amide bonds. The van der Waals surface area contributed by atoms with Gasteiger partial charge in [-0.15, -0.1) is 0 Å². The zero-order valence-electron chi connectivity index (χ0n) is 17.2. The maximum absolute atomic E-state index is 13.7. The fourth-order valence-corrected chi connectivity index (χ4v) is 4.58. The molecule has 1 aliphatic carbocycles. The van der Waals surface area contributed by atoms with Crippen LogP contribution >= 0.6 is 0 Å². The minimum atomic E-state index is -0.410. The number of piperidine rings is 1. The average molecular weight is 396 g/mol. The van der Waals surface area contributed by atoms with Gasteiger partial charge in [-0.2, -0.15) is 0 Å². The smallest absolute Gasteiger partial charge is 0.407 e. The van der Waals surface area contributed by atoms with E-state index in [0.717, 1.165) is 59.8 Å². The number of aromatic nitrogens is 1. The van der Waals surface area contributed by atoms with Gasteiger partial charge in [-0.05, 0) is 56.6 Å². The van der Waals surface area contributed by atoms with Crippen molar-refractivity contribution in [1.29, 1.82) is 0 Å². The highest BCUT2D eigenvalue weighted by atomic mass is 16.5. The number of carbonyl (C=O) groups is 2. The summed E-state index contributed by atoms with van der Waals surface area (Å²) in [6, 6.07) is 7.87. The number of aryl methyl sites for hydroxylation is 1. The Morgan fingerprint density at radius 3 is 2.93 bits per heavy atom. The number of amides is 2. The van der Waals surface area contributed by atoms with Gasteiger partial charge in [0.15, 0.2) is 0 Å². The van der Waals surface area contributed by atoms with Crippen LogP contribution in [0.25, 0.3) is 10.9 Å². The largest absolute Gasteiger partial charge is 0.450 e. The SMILES string of the molecule is CCOC(=O)N[C@@H]1CCCN(C(=O)c2c3c(nc4ccccc24)CC[C@@H](C)C3)C1. The Morgan fingerprint density at radius 1 is 1.28 bits per heavy atom. The van der Waals surface area contributed by atoms with Gasteiger partial charge in [0, 0.05) is 30.2 Å². The van der Waals surface area contributed by atoms with Gasteiger partial charge in [-0.25, -0.2) is 4.79 Å². The first-order chi connectivity index (χ1) is 14.1. The zero-order valence-corrected chi connectivity index (χ0v) is 17.2. The molecule has 0 bridgehead atoms. The standard InChI is InChI=1S/C23H29N3O3/c1-3-29-23(28)24-16-7-6-12-26(14-16)22(27)21-17-8-4-5-9-19(17)25-20-11-10-15(2)13-18(20)21/h4-5,8-9,15-16H,3,6-7,10-14H2,1-2H3,(H,24,28)/t15-,16-/m1/s1. The topological polar surface area (TPSA) is 71.5 Å². The third kappa shape index (κ3) is 4.07. The lowest BCUT2D eigenvalue weighted by atomic mass is 9.83. The molecular weight excluding hydrogens is 366 g/mol. The summed E-state index contributed by atoms with van der Waals surface area (Å²) in [5.41, 5.74) is 3.90. The lowest BCUT2D eigenvalue weighted by molar-refractivity contribution is 0.0686. The van der Waals surface area contributed by atoms with E-state index in [1.807, 2.05) is 29.2 Å². The van der Waals surface area contributed by atoms with E-state index in [1.165, 1.54) is 0 Å². The van der Waals surface area contributed by atoms with Gasteiger partial charge in [0.1, 0.15) is 0 Å². The van der Waals surface area contributed by atoms with E-state index in [1.54, 1.807) is 6.92 Å². The number of likely N-dealkylation sites (tertiary alicyclic amines) is 1. The molecule has 1 fully saturated rings. The Labute approximate surface area is 171 Å². The highest BCUT2D eigenvalue weighted by Gasteiger charge is 2.31. The summed E-state index contributed by atoms with van der Waals surface area (Å²) in [4.78, 5) is 32.3. The number of ether oxygens (including phenoxy) is 1. The van der Waals surface area contributed by atoms with Crippen LogP contribution in [0.15, 0.2) is 24.3 Å². The fraction of sp³-hybridized carbons (Fsp3) is 0.522. The normalized spacial score (nSPS) is 21.5. The molecule has 6 heteroatoms. The van der Waals surface area contributed by atoms with Crippen LogP contribution in [0.5, 0.6) is 0 Å². The quantitative estimate of drug-likeness (QED) is 0.860. The summed E-state index contributed by atoms with van der Waals surface area (Å²) in [6.45, 7) is 5.59. The highest BCUT2D eigenvalue weighted by Crippen LogP contribution is 2.32. The van der Waals surface area contributed by atoms with Crippen molar-refractivity contribution in [3.8, 4) is 0 Å². The number of para-hydroxylation sites is 1. The van der Waals surface area contributed by atoms with Crippen LogP contribution in [0.3, 0.4) is 0 Å². The number of alkyl carbamates (subject to hydrolysis) is 1. The van der Waals surface area contributed by atoms with Gasteiger partial charge in [0.25, 0.3) is 5.91 Å². The second-order valence-corrected chi connectivity index (χ2v) is 8.23. The van der Waals surface area contributed by atoms with Crippen molar-refractivity contribution < 1.29 is 14.3 Å². The number of hydrogen-bond acceptors (Lipinski definition) is 4. The molecule has 4 rings (SSSR count). The third-order valence-corrected chi connectivity index (χ3v) is 6.03. The number of hydrogen-bond donors (Lipinski definition) is 1. The summed E-state index contributed by atoms with van der Waals surface area (Å²) < 4.78 is 5.01. The Hall–Kier alpha value is -2.63. The van der Waals surface area contributed by atoms with Crippen molar-refractivity contribution in [2.45, 2.75) is 52.0 Å². The molecule has 2 aromatic rings. The Morgan fingerprint density at radius 2 is 2.10 bits per heavy atom. The number of carbonyl (C=O) groups excluding carboxylic acids is 2. The van der Waals surface area contributed by atoms with Crippen LogP contribution in [0.4, 0.5) is 4.79 Å². The van der Waals surface area contributed by atoms with E-state index in [4.69, 9.17) is 9.72 Å². The summed E-state index contributed by atoms with van der Waals surface area (Å²) in [5.74, 6) is 0.612. The average Bonchev–Trinajstić information content (AvgIpc) is 2.72.